The highest BCUT2D eigenvalue weighted by Crippen LogP contribution is 2.18. The standard InChI is InChI=1S/C10H13N3S/c1-8-6-12-10(14-8)13-7-9-4-2-3-5-11-9/h2-5,8H,6-7H2,1H3,(H,12,13). The van der Waals surface area contributed by atoms with Gasteiger partial charge in [0.25, 0.3) is 0 Å². The zero-order valence-electron chi connectivity index (χ0n) is 8.10. The number of aromatic nitrogens is 1. The van der Waals surface area contributed by atoms with E-state index in [1.807, 2.05) is 24.4 Å². The van der Waals surface area contributed by atoms with Crippen molar-refractivity contribution in [2.24, 2.45) is 4.99 Å². The summed E-state index contributed by atoms with van der Waals surface area (Å²) in [5.41, 5.74) is 1.05. The molecule has 2 heterocycles. The van der Waals surface area contributed by atoms with Crippen LogP contribution in [-0.4, -0.2) is 21.9 Å². The smallest absolute Gasteiger partial charge is 0.157 e. The molecule has 1 unspecified atom stereocenters. The summed E-state index contributed by atoms with van der Waals surface area (Å²) in [6.45, 7) is 3.87. The predicted molar refractivity (Wildman–Crippen MR) is 60.4 cm³/mol. The summed E-state index contributed by atoms with van der Waals surface area (Å²) in [4.78, 5) is 8.60. The van der Waals surface area contributed by atoms with Gasteiger partial charge in [0.15, 0.2) is 5.17 Å². The Hall–Kier alpha value is -1.03. The van der Waals surface area contributed by atoms with E-state index in [-0.39, 0.29) is 0 Å². The number of nitrogens with zero attached hydrogens (tertiary/aromatic N) is 2. The summed E-state index contributed by atoms with van der Waals surface area (Å²) in [6, 6.07) is 5.93. The molecule has 0 spiro atoms. The maximum atomic E-state index is 4.37. The lowest BCUT2D eigenvalue weighted by atomic mass is 10.3. The summed E-state index contributed by atoms with van der Waals surface area (Å²) in [5, 5.41) is 4.94. The van der Waals surface area contributed by atoms with Crippen LogP contribution in [0.3, 0.4) is 0 Å². The minimum atomic E-state index is 0.612. The van der Waals surface area contributed by atoms with Gasteiger partial charge in [0.05, 0.1) is 18.8 Å². The Morgan fingerprint density at radius 2 is 2.50 bits per heavy atom. The maximum Gasteiger partial charge on any atom is 0.157 e. The number of aliphatic imine (C=N–C) groups is 1. The van der Waals surface area contributed by atoms with Crippen LogP contribution in [0.4, 0.5) is 0 Å². The third-order valence-electron chi connectivity index (χ3n) is 1.95. The molecule has 4 heteroatoms. The van der Waals surface area contributed by atoms with Crippen molar-refractivity contribution in [2.45, 2.75) is 18.7 Å². The van der Waals surface area contributed by atoms with E-state index in [9.17, 15) is 0 Å². The molecule has 1 N–H and O–H groups in total. The van der Waals surface area contributed by atoms with Gasteiger partial charge in [0.1, 0.15) is 0 Å². The molecule has 3 nitrogen and oxygen atoms in total. The first-order valence-electron chi connectivity index (χ1n) is 4.69. The van der Waals surface area contributed by atoms with E-state index in [1.54, 1.807) is 11.8 Å². The van der Waals surface area contributed by atoms with Gasteiger partial charge in [-0.3, -0.25) is 9.98 Å². The largest absolute Gasteiger partial charge is 0.359 e. The summed E-state index contributed by atoms with van der Waals surface area (Å²) in [6.07, 6.45) is 1.81. The van der Waals surface area contributed by atoms with Gasteiger partial charge in [-0.15, -0.1) is 0 Å². The molecule has 0 bridgehead atoms. The minimum absolute atomic E-state index is 0.612. The first kappa shape index (κ1) is 9.52. The number of hydrogen-bond acceptors (Lipinski definition) is 4. The van der Waals surface area contributed by atoms with E-state index >= 15 is 0 Å². The first-order valence-corrected chi connectivity index (χ1v) is 5.57. The Labute approximate surface area is 88.0 Å². The van der Waals surface area contributed by atoms with Gasteiger partial charge in [0, 0.05) is 11.4 Å². The molecule has 74 valence electrons. The molecule has 2 rings (SSSR count). The van der Waals surface area contributed by atoms with Crippen molar-refractivity contribution in [3.63, 3.8) is 0 Å². The number of rotatable bonds is 2. The van der Waals surface area contributed by atoms with Gasteiger partial charge >= 0.3 is 0 Å². The van der Waals surface area contributed by atoms with Crippen molar-refractivity contribution in [1.82, 2.24) is 10.3 Å². The molecule has 1 aromatic rings. The van der Waals surface area contributed by atoms with Crippen LogP contribution in [0.1, 0.15) is 12.6 Å². The van der Waals surface area contributed by atoms with Crippen LogP contribution < -0.4 is 5.32 Å². The third kappa shape index (κ3) is 2.48. The highest BCUT2D eigenvalue weighted by Gasteiger charge is 2.13. The molecular formula is C10H13N3S. The lowest BCUT2D eigenvalue weighted by Crippen LogP contribution is -2.19. The second-order valence-electron chi connectivity index (χ2n) is 3.25. The van der Waals surface area contributed by atoms with Crippen molar-refractivity contribution < 1.29 is 0 Å². The first-order chi connectivity index (χ1) is 6.84. The molecule has 0 amide bonds. The lowest BCUT2D eigenvalue weighted by molar-refractivity contribution is 0.877. The van der Waals surface area contributed by atoms with Crippen molar-refractivity contribution in [1.29, 1.82) is 0 Å². The second-order valence-corrected chi connectivity index (χ2v) is 4.68. The quantitative estimate of drug-likeness (QED) is 0.801. The maximum absolute atomic E-state index is 4.37. The molecule has 0 saturated heterocycles. The fourth-order valence-electron chi connectivity index (χ4n) is 1.24. The van der Waals surface area contributed by atoms with Crippen LogP contribution in [0.2, 0.25) is 0 Å². The van der Waals surface area contributed by atoms with E-state index in [0.29, 0.717) is 5.25 Å². The molecule has 0 aromatic carbocycles. The van der Waals surface area contributed by atoms with Crippen molar-refractivity contribution >= 4 is 16.9 Å². The van der Waals surface area contributed by atoms with Crippen LogP contribution in [0.25, 0.3) is 0 Å². The molecule has 1 atom stereocenters. The summed E-state index contributed by atoms with van der Waals surface area (Å²) < 4.78 is 0. The highest BCUT2D eigenvalue weighted by atomic mass is 32.2. The van der Waals surface area contributed by atoms with Gasteiger partial charge in [0.2, 0.25) is 0 Å². The van der Waals surface area contributed by atoms with Crippen molar-refractivity contribution in [3.05, 3.63) is 30.1 Å². The summed E-state index contributed by atoms with van der Waals surface area (Å²) in [7, 11) is 0. The number of amidine groups is 1. The van der Waals surface area contributed by atoms with Gasteiger partial charge in [-0.1, -0.05) is 24.8 Å². The van der Waals surface area contributed by atoms with E-state index in [0.717, 1.165) is 24.0 Å². The van der Waals surface area contributed by atoms with Gasteiger partial charge < -0.3 is 5.32 Å². The van der Waals surface area contributed by atoms with Gasteiger partial charge in [-0.25, -0.2) is 0 Å². The molecule has 0 radical (unpaired) electrons. The van der Waals surface area contributed by atoms with Crippen molar-refractivity contribution in [3.8, 4) is 0 Å². The predicted octanol–water partition coefficient (Wildman–Crippen LogP) is 1.66. The van der Waals surface area contributed by atoms with Crippen LogP contribution in [0.15, 0.2) is 29.4 Å². The van der Waals surface area contributed by atoms with E-state index in [2.05, 4.69) is 22.2 Å². The number of nitrogens with one attached hydrogen (secondary N) is 1. The summed E-state index contributed by atoms with van der Waals surface area (Å²) in [5.74, 6) is 0. The van der Waals surface area contributed by atoms with Crippen molar-refractivity contribution in [2.75, 3.05) is 6.54 Å². The van der Waals surface area contributed by atoms with Gasteiger partial charge in [-0.05, 0) is 12.1 Å². The summed E-state index contributed by atoms with van der Waals surface area (Å²) >= 11 is 1.80. The van der Waals surface area contributed by atoms with Gasteiger partial charge in [-0.2, -0.15) is 0 Å². The van der Waals surface area contributed by atoms with E-state index < -0.39 is 0 Å². The molecule has 1 aliphatic heterocycles. The Bertz CT molecular complexity index is 323. The molecule has 1 aromatic heterocycles. The Kier molecular flexibility index (Phi) is 3.03. The number of thioether (sulfide) groups is 1. The van der Waals surface area contributed by atoms with E-state index in [1.165, 1.54) is 0 Å². The molecule has 0 fully saturated rings. The van der Waals surface area contributed by atoms with Crippen LogP contribution >= 0.6 is 11.8 Å². The molecule has 0 aliphatic carbocycles. The lowest BCUT2D eigenvalue weighted by Gasteiger charge is -2.04. The molecule has 1 aliphatic rings. The highest BCUT2D eigenvalue weighted by molar-refractivity contribution is 8.14. The number of pyridine rings is 1. The van der Waals surface area contributed by atoms with Crippen LogP contribution in [-0.2, 0) is 6.54 Å². The third-order valence-corrected chi connectivity index (χ3v) is 3.00. The SMILES string of the molecule is CC1CN=C(NCc2ccccn2)S1. The molecule has 14 heavy (non-hydrogen) atoms. The monoisotopic (exact) mass is 207 g/mol. The fourth-order valence-corrected chi connectivity index (χ4v) is 2.08. The van der Waals surface area contributed by atoms with E-state index in [4.69, 9.17) is 0 Å². The normalized spacial score (nSPS) is 20.6. The van der Waals surface area contributed by atoms with Crippen LogP contribution in [0.5, 0.6) is 0 Å². The Morgan fingerprint density at radius 1 is 1.57 bits per heavy atom. The molecular weight excluding hydrogens is 194 g/mol. The zero-order valence-corrected chi connectivity index (χ0v) is 8.92. The average Bonchev–Trinajstić information content (AvgIpc) is 2.63. The number of hydrogen-bond donors (Lipinski definition) is 1. The topological polar surface area (TPSA) is 37.3 Å². The average molecular weight is 207 g/mol. The Morgan fingerprint density at radius 3 is 3.14 bits per heavy atom. The molecule has 0 saturated carbocycles. The van der Waals surface area contributed by atoms with Crippen LogP contribution in [0, 0.1) is 0 Å². The minimum Gasteiger partial charge on any atom is -0.359 e. The fraction of sp³-hybridized carbons (Fsp3) is 0.400. The Balaban J connectivity index is 1.84. The zero-order chi connectivity index (χ0) is 9.80. The second kappa shape index (κ2) is 4.46.